The maximum Gasteiger partial charge on any atom is 0.325 e. The van der Waals surface area contributed by atoms with E-state index in [0.717, 1.165) is 4.47 Å². The first-order valence-corrected chi connectivity index (χ1v) is 7.55. The van der Waals surface area contributed by atoms with Crippen molar-refractivity contribution < 1.29 is 14.3 Å². The molecule has 0 bridgehead atoms. The van der Waals surface area contributed by atoms with E-state index < -0.39 is 0 Å². The maximum absolute atomic E-state index is 12.2. The Kier molecular flexibility index (Phi) is 5.38. The van der Waals surface area contributed by atoms with Gasteiger partial charge in [-0.05, 0) is 31.2 Å². The van der Waals surface area contributed by atoms with E-state index in [-0.39, 0.29) is 18.3 Å². The number of allylic oxidation sites excluding steroid dienone is 1. The predicted octanol–water partition coefficient (Wildman–Crippen LogP) is 1.94. The molecule has 1 heterocycles. The number of ether oxygens (including phenoxy) is 1. The van der Waals surface area contributed by atoms with E-state index in [1.165, 1.54) is 6.08 Å². The molecule has 112 valence electrons. The van der Waals surface area contributed by atoms with Crippen LogP contribution in [-0.2, 0) is 9.53 Å². The van der Waals surface area contributed by atoms with E-state index >= 15 is 0 Å². The van der Waals surface area contributed by atoms with Crippen LogP contribution in [0.25, 0.3) is 0 Å². The van der Waals surface area contributed by atoms with Gasteiger partial charge < -0.3 is 15.0 Å². The van der Waals surface area contributed by atoms with Crippen LogP contribution in [-0.4, -0.2) is 42.9 Å². The van der Waals surface area contributed by atoms with Gasteiger partial charge in [-0.3, -0.25) is 9.59 Å². The number of carbonyl (C=O) groups excluding carboxylic acids is 2. The molecule has 0 atom stereocenters. The number of hydrogen-bond acceptors (Lipinski definition) is 5. The molecule has 0 aliphatic carbocycles. The van der Waals surface area contributed by atoms with E-state index in [1.54, 1.807) is 19.1 Å². The number of halogens is 1. The van der Waals surface area contributed by atoms with Crippen LogP contribution in [0, 0.1) is 0 Å². The van der Waals surface area contributed by atoms with Gasteiger partial charge in [0, 0.05) is 29.2 Å². The number of carbonyl (C=O) groups is 2. The molecule has 1 N–H and O–H groups in total. The number of ketones is 1. The third-order valence-electron chi connectivity index (χ3n) is 3.05. The Morgan fingerprint density at radius 3 is 2.76 bits per heavy atom. The molecule has 1 aliphatic rings. The summed E-state index contributed by atoms with van der Waals surface area (Å²) in [6.45, 7) is 3.67. The fourth-order valence-corrected chi connectivity index (χ4v) is 2.31. The van der Waals surface area contributed by atoms with Crippen molar-refractivity contribution >= 4 is 27.7 Å². The minimum atomic E-state index is -0.289. The summed E-state index contributed by atoms with van der Waals surface area (Å²) in [5.74, 6) is 0.278. The van der Waals surface area contributed by atoms with Crippen LogP contribution in [0.1, 0.15) is 17.3 Å². The number of benzene rings is 1. The predicted molar refractivity (Wildman–Crippen MR) is 82.8 cm³/mol. The quantitative estimate of drug-likeness (QED) is 0.498. The summed E-state index contributed by atoms with van der Waals surface area (Å²) in [5, 5.41) is 3.12. The molecule has 21 heavy (non-hydrogen) atoms. The number of hydrogen-bond donors (Lipinski definition) is 1. The normalized spacial score (nSPS) is 15.9. The second-order valence-corrected chi connectivity index (χ2v) is 5.47. The fraction of sp³-hybridized carbons (Fsp3) is 0.333. The van der Waals surface area contributed by atoms with Crippen molar-refractivity contribution in [1.29, 1.82) is 0 Å². The molecular formula is C15H17BrN2O3. The minimum Gasteiger partial charge on any atom is -0.465 e. The van der Waals surface area contributed by atoms with Crippen LogP contribution in [0.4, 0.5) is 0 Å². The van der Waals surface area contributed by atoms with E-state index in [2.05, 4.69) is 21.2 Å². The summed E-state index contributed by atoms with van der Waals surface area (Å²) in [5.41, 5.74) is 0.607. The highest BCUT2D eigenvalue weighted by Gasteiger charge is 2.20. The SMILES string of the molecule is CCOC(=O)CN1CCN/C1=C\C(=O)c1ccc(Br)cc1. The number of rotatable bonds is 5. The fourth-order valence-electron chi connectivity index (χ4n) is 2.04. The van der Waals surface area contributed by atoms with Gasteiger partial charge in [0.2, 0.25) is 0 Å². The average Bonchev–Trinajstić information content (AvgIpc) is 2.87. The van der Waals surface area contributed by atoms with Crippen LogP contribution >= 0.6 is 15.9 Å². The van der Waals surface area contributed by atoms with Crippen LogP contribution in [0.2, 0.25) is 0 Å². The molecule has 0 amide bonds. The van der Waals surface area contributed by atoms with Crippen LogP contribution in [0.3, 0.4) is 0 Å². The zero-order chi connectivity index (χ0) is 15.2. The van der Waals surface area contributed by atoms with Crippen molar-refractivity contribution in [3.05, 3.63) is 46.2 Å². The van der Waals surface area contributed by atoms with E-state index in [4.69, 9.17) is 4.74 Å². The molecular weight excluding hydrogens is 336 g/mol. The molecule has 1 saturated heterocycles. The first-order chi connectivity index (χ1) is 10.1. The van der Waals surface area contributed by atoms with Crippen molar-refractivity contribution in [2.75, 3.05) is 26.2 Å². The van der Waals surface area contributed by atoms with E-state index in [0.29, 0.717) is 31.1 Å². The summed E-state index contributed by atoms with van der Waals surface area (Å²) < 4.78 is 5.85. The van der Waals surface area contributed by atoms with E-state index in [9.17, 15) is 9.59 Å². The second-order valence-electron chi connectivity index (χ2n) is 4.55. The topological polar surface area (TPSA) is 58.6 Å². The zero-order valence-electron chi connectivity index (χ0n) is 11.8. The van der Waals surface area contributed by atoms with Crippen molar-refractivity contribution in [3.8, 4) is 0 Å². The van der Waals surface area contributed by atoms with Crippen molar-refractivity contribution in [2.24, 2.45) is 0 Å². The second kappa shape index (κ2) is 7.26. The average molecular weight is 353 g/mol. The minimum absolute atomic E-state index is 0.0965. The monoisotopic (exact) mass is 352 g/mol. The summed E-state index contributed by atoms with van der Waals surface area (Å²) in [7, 11) is 0. The number of nitrogens with zero attached hydrogens (tertiary/aromatic N) is 1. The Balaban J connectivity index is 2.06. The van der Waals surface area contributed by atoms with Gasteiger partial charge in [0.1, 0.15) is 12.4 Å². The molecule has 1 aromatic rings. The first kappa shape index (κ1) is 15.6. The lowest BCUT2D eigenvalue weighted by molar-refractivity contribution is -0.143. The first-order valence-electron chi connectivity index (χ1n) is 6.76. The van der Waals surface area contributed by atoms with Gasteiger partial charge in [0.15, 0.2) is 5.78 Å². The van der Waals surface area contributed by atoms with E-state index in [1.807, 2.05) is 17.0 Å². The van der Waals surface area contributed by atoms with Gasteiger partial charge in [-0.1, -0.05) is 15.9 Å². The molecule has 0 spiro atoms. The van der Waals surface area contributed by atoms with Gasteiger partial charge in [-0.25, -0.2) is 0 Å². The third kappa shape index (κ3) is 4.32. The van der Waals surface area contributed by atoms with Crippen molar-refractivity contribution in [1.82, 2.24) is 10.2 Å². The van der Waals surface area contributed by atoms with Crippen LogP contribution in [0.5, 0.6) is 0 Å². The summed E-state index contributed by atoms with van der Waals surface area (Å²) >= 11 is 3.34. The van der Waals surface area contributed by atoms with Gasteiger partial charge in [-0.15, -0.1) is 0 Å². The Labute approximate surface area is 132 Å². The maximum atomic E-state index is 12.2. The molecule has 5 nitrogen and oxygen atoms in total. The number of nitrogens with one attached hydrogen (secondary N) is 1. The lowest BCUT2D eigenvalue weighted by Crippen LogP contribution is -2.29. The van der Waals surface area contributed by atoms with Gasteiger partial charge in [0.25, 0.3) is 0 Å². The van der Waals surface area contributed by atoms with Crippen molar-refractivity contribution in [3.63, 3.8) is 0 Å². The highest BCUT2D eigenvalue weighted by molar-refractivity contribution is 9.10. The zero-order valence-corrected chi connectivity index (χ0v) is 13.4. The molecule has 0 saturated carbocycles. The smallest absolute Gasteiger partial charge is 0.325 e. The largest absolute Gasteiger partial charge is 0.465 e. The van der Waals surface area contributed by atoms with Gasteiger partial charge in [0.05, 0.1) is 6.61 Å². The van der Waals surface area contributed by atoms with Gasteiger partial charge >= 0.3 is 5.97 Å². The van der Waals surface area contributed by atoms with Crippen molar-refractivity contribution in [2.45, 2.75) is 6.92 Å². The molecule has 1 aromatic carbocycles. The lowest BCUT2D eigenvalue weighted by Gasteiger charge is -2.17. The standard InChI is InChI=1S/C15H17BrN2O3/c1-2-21-15(20)10-18-8-7-17-14(18)9-13(19)11-3-5-12(16)6-4-11/h3-6,9,17H,2,7-8,10H2,1H3/b14-9+. The molecule has 0 unspecified atom stereocenters. The Bertz CT molecular complexity index is 555. The third-order valence-corrected chi connectivity index (χ3v) is 3.58. The number of esters is 1. The molecule has 0 aromatic heterocycles. The highest BCUT2D eigenvalue weighted by Crippen LogP contribution is 2.13. The van der Waals surface area contributed by atoms with Gasteiger partial charge in [-0.2, -0.15) is 0 Å². The molecule has 2 rings (SSSR count). The molecule has 6 heteroatoms. The summed E-state index contributed by atoms with van der Waals surface area (Å²) in [6.07, 6.45) is 1.52. The van der Waals surface area contributed by atoms with Crippen LogP contribution < -0.4 is 5.32 Å². The Morgan fingerprint density at radius 2 is 2.10 bits per heavy atom. The molecule has 0 radical (unpaired) electrons. The lowest BCUT2D eigenvalue weighted by atomic mass is 10.1. The summed E-state index contributed by atoms with van der Waals surface area (Å²) in [6, 6.07) is 7.16. The van der Waals surface area contributed by atoms with Crippen LogP contribution in [0.15, 0.2) is 40.6 Å². The molecule has 1 aliphatic heterocycles. The Morgan fingerprint density at radius 1 is 1.38 bits per heavy atom. The molecule has 1 fully saturated rings. The summed E-state index contributed by atoms with van der Waals surface area (Å²) in [4.78, 5) is 25.5. The highest BCUT2D eigenvalue weighted by atomic mass is 79.9. The Hall–Kier alpha value is -1.82.